The molecule has 5 heteroatoms. The van der Waals surface area contributed by atoms with Crippen LogP contribution in [0.3, 0.4) is 0 Å². The molecule has 0 aliphatic rings. The van der Waals surface area contributed by atoms with Crippen molar-refractivity contribution in [2.45, 2.75) is 27.3 Å². The van der Waals surface area contributed by atoms with Gasteiger partial charge in [0.25, 0.3) is 5.91 Å². The number of nitrogens with one attached hydrogen (secondary N) is 1. The number of para-hydroxylation sites is 1. The summed E-state index contributed by atoms with van der Waals surface area (Å²) in [6.07, 6.45) is 0. The largest absolute Gasteiger partial charge is 0.488 e. The number of aryl methyl sites for hydroxylation is 2. The second kappa shape index (κ2) is 6.93. The lowest BCUT2D eigenvalue weighted by molar-refractivity contribution is 0.0947. The zero-order chi connectivity index (χ0) is 16.1. The molecule has 0 atom stereocenters. The van der Waals surface area contributed by atoms with E-state index in [1.165, 1.54) is 0 Å². The maximum absolute atomic E-state index is 12.4. The minimum atomic E-state index is -0.197. The van der Waals surface area contributed by atoms with Gasteiger partial charge < -0.3 is 14.6 Å². The molecule has 0 unspecified atom stereocenters. The van der Waals surface area contributed by atoms with Gasteiger partial charge in [0.15, 0.2) is 0 Å². The molecule has 0 radical (unpaired) electrons. The summed E-state index contributed by atoms with van der Waals surface area (Å²) in [5.74, 6) is 1.06. The van der Waals surface area contributed by atoms with Gasteiger partial charge in [0.1, 0.15) is 18.1 Å². The highest BCUT2D eigenvalue weighted by molar-refractivity contribution is 5.96. The molecule has 0 spiro atoms. The van der Waals surface area contributed by atoms with Gasteiger partial charge in [-0.25, -0.2) is 0 Å². The standard InChI is InChI=1S/C17H20N2O3/c1-11(2)10-21-16-8-6-5-7-14(16)17(20)18-9-15-12(3)19-22-13(15)4/h5-8H,1,9-10H2,2-4H3,(H,18,20). The molecule has 1 aromatic heterocycles. The first-order valence-electron chi connectivity index (χ1n) is 7.05. The highest BCUT2D eigenvalue weighted by atomic mass is 16.5. The van der Waals surface area contributed by atoms with E-state index in [4.69, 9.17) is 9.26 Å². The van der Waals surface area contributed by atoms with E-state index in [2.05, 4.69) is 17.1 Å². The Balaban J connectivity index is 2.08. The fourth-order valence-electron chi connectivity index (χ4n) is 2.00. The lowest BCUT2D eigenvalue weighted by Crippen LogP contribution is -2.24. The summed E-state index contributed by atoms with van der Waals surface area (Å²) in [5, 5.41) is 6.74. The Morgan fingerprint density at radius 2 is 2.09 bits per heavy atom. The average molecular weight is 300 g/mol. The van der Waals surface area contributed by atoms with E-state index in [-0.39, 0.29) is 5.91 Å². The van der Waals surface area contributed by atoms with E-state index >= 15 is 0 Å². The van der Waals surface area contributed by atoms with Crippen molar-refractivity contribution < 1.29 is 14.1 Å². The average Bonchev–Trinajstić information content (AvgIpc) is 2.82. The van der Waals surface area contributed by atoms with E-state index in [1.54, 1.807) is 18.2 Å². The molecule has 0 saturated heterocycles. The monoisotopic (exact) mass is 300 g/mol. The summed E-state index contributed by atoms with van der Waals surface area (Å²) in [6, 6.07) is 7.14. The third-order valence-corrected chi connectivity index (χ3v) is 3.21. The maximum Gasteiger partial charge on any atom is 0.255 e. The minimum Gasteiger partial charge on any atom is -0.488 e. The lowest BCUT2D eigenvalue weighted by atomic mass is 10.1. The first kappa shape index (κ1) is 15.8. The molecule has 0 saturated carbocycles. The number of ether oxygens (including phenoxy) is 1. The molecule has 1 amide bonds. The van der Waals surface area contributed by atoms with Crippen LogP contribution in [0.2, 0.25) is 0 Å². The van der Waals surface area contributed by atoms with Gasteiger partial charge in [-0.2, -0.15) is 0 Å². The molecule has 0 fully saturated rings. The summed E-state index contributed by atoms with van der Waals surface area (Å²) < 4.78 is 10.7. The van der Waals surface area contributed by atoms with Crippen LogP contribution in [-0.2, 0) is 6.54 Å². The van der Waals surface area contributed by atoms with Crippen LogP contribution in [0.15, 0.2) is 40.9 Å². The van der Waals surface area contributed by atoms with Crippen molar-refractivity contribution in [1.82, 2.24) is 10.5 Å². The molecular weight excluding hydrogens is 280 g/mol. The summed E-state index contributed by atoms with van der Waals surface area (Å²) >= 11 is 0. The van der Waals surface area contributed by atoms with Crippen molar-refractivity contribution >= 4 is 5.91 Å². The molecule has 1 aromatic carbocycles. The molecule has 1 N–H and O–H groups in total. The Kier molecular flexibility index (Phi) is 4.99. The molecule has 2 rings (SSSR count). The first-order chi connectivity index (χ1) is 10.5. The Morgan fingerprint density at radius 1 is 1.36 bits per heavy atom. The van der Waals surface area contributed by atoms with Gasteiger partial charge in [0, 0.05) is 12.1 Å². The molecule has 0 aliphatic heterocycles. The summed E-state index contributed by atoms with van der Waals surface area (Å²) in [6.45, 7) is 10.1. The van der Waals surface area contributed by atoms with Crippen molar-refractivity contribution in [3.05, 3.63) is 59.0 Å². The van der Waals surface area contributed by atoms with Crippen LogP contribution in [-0.4, -0.2) is 17.7 Å². The van der Waals surface area contributed by atoms with Crippen molar-refractivity contribution in [3.8, 4) is 5.75 Å². The normalized spacial score (nSPS) is 10.3. The van der Waals surface area contributed by atoms with Crippen LogP contribution in [0.5, 0.6) is 5.75 Å². The van der Waals surface area contributed by atoms with Gasteiger partial charge in [0.05, 0.1) is 11.3 Å². The first-order valence-corrected chi connectivity index (χ1v) is 7.05. The Bertz CT molecular complexity index is 669. The van der Waals surface area contributed by atoms with E-state index in [1.807, 2.05) is 26.8 Å². The van der Waals surface area contributed by atoms with E-state index < -0.39 is 0 Å². The highest BCUT2D eigenvalue weighted by Crippen LogP contribution is 2.19. The van der Waals surface area contributed by atoms with Gasteiger partial charge >= 0.3 is 0 Å². The molecule has 0 aliphatic carbocycles. The second-order valence-corrected chi connectivity index (χ2v) is 5.23. The van der Waals surface area contributed by atoms with Crippen LogP contribution >= 0.6 is 0 Å². The third kappa shape index (κ3) is 3.75. The van der Waals surface area contributed by atoms with Crippen LogP contribution < -0.4 is 10.1 Å². The van der Waals surface area contributed by atoms with E-state index in [9.17, 15) is 4.79 Å². The Labute approximate surface area is 130 Å². The number of nitrogens with zero attached hydrogens (tertiary/aromatic N) is 1. The zero-order valence-electron chi connectivity index (χ0n) is 13.1. The molecule has 5 nitrogen and oxygen atoms in total. The number of hydrogen-bond acceptors (Lipinski definition) is 4. The fourth-order valence-corrected chi connectivity index (χ4v) is 2.00. The molecule has 22 heavy (non-hydrogen) atoms. The van der Waals surface area contributed by atoms with Gasteiger partial charge in [-0.1, -0.05) is 23.9 Å². The predicted molar refractivity (Wildman–Crippen MR) is 83.9 cm³/mol. The predicted octanol–water partition coefficient (Wildman–Crippen LogP) is 3.18. The minimum absolute atomic E-state index is 0.197. The number of aromatic nitrogens is 1. The second-order valence-electron chi connectivity index (χ2n) is 5.23. The van der Waals surface area contributed by atoms with Crippen molar-refractivity contribution in [2.24, 2.45) is 0 Å². The third-order valence-electron chi connectivity index (χ3n) is 3.21. The summed E-state index contributed by atoms with van der Waals surface area (Å²) in [4.78, 5) is 12.4. The Morgan fingerprint density at radius 3 is 2.73 bits per heavy atom. The number of carbonyl (C=O) groups excluding carboxylic acids is 1. The van der Waals surface area contributed by atoms with Gasteiger partial charge in [-0.3, -0.25) is 4.79 Å². The number of benzene rings is 1. The van der Waals surface area contributed by atoms with Crippen molar-refractivity contribution in [2.75, 3.05) is 6.61 Å². The highest BCUT2D eigenvalue weighted by Gasteiger charge is 2.14. The molecular formula is C17H20N2O3. The van der Waals surface area contributed by atoms with Crippen molar-refractivity contribution in [1.29, 1.82) is 0 Å². The van der Waals surface area contributed by atoms with Crippen LogP contribution in [0, 0.1) is 13.8 Å². The van der Waals surface area contributed by atoms with Crippen LogP contribution in [0.25, 0.3) is 0 Å². The van der Waals surface area contributed by atoms with Gasteiger partial charge in [0.2, 0.25) is 0 Å². The van der Waals surface area contributed by atoms with E-state index in [0.29, 0.717) is 30.2 Å². The number of rotatable bonds is 6. The van der Waals surface area contributed by atoms with Gasteiger partial charge in [-0.15, -0.1) is 0 Å². The Hall–Kier alpha value is -2.56. The van der Waals surface area contributed by atoms with E-state index in [0.717, 1.165) is 16.8 Å². The SMILES string of the molecule is C=C(C)COc1ccccc1C(=O)NCc1c(C)noc1C. The molecule has 1 heterocycles. The molecule has 2 aromatic rings. The number of hydrogen-bond donors (Lipinski definition) is 1. The van der Waals surface area contributed by atoms with Crippen molar-refractivity contribution in [3.63, 3.8) is 0 Å². The smallest absolute Gasteiger partial charge is 0.255 e. The topological polar surface area (TPSA) is 64.4 Å². The number of amides is 1. The summed E-state index contributed by atoms with van der Waals surface area (Å²) in [5.41, 5.74) is 3.07. The van der Waals surface area contributed by atoms with Crippen LogP contribution in [0.1, 0.15) is 34.3 Å². The fraction of sp³-hybridized carbons (Fsp3) is 0.294. The number of carbonyl (C=O) groups is 1. The molecule has 0 bridgehead atoms. The summed E-state index contributed by atoms with van der Waals surface area (Å²) in [7, 11) is 0. The zero-order valence-corrected chi connectivity index (χ0v) is 13.1. The van der Waals surface area contributed by atoms with Crippen LogP contribution in [0.4, 0.5) is 0 Å². The molecule has 116 valence electrons. The quantitative estimate of drug-likeness (QED) is 0.832. The lowest BCUT2D eigenvalue weighted by Gasteiger charge is -2.11. The maximum atomic E-state index is 12.4. The van der Waals surface area contributed by atoms with Gasteiger partial charge in [-0.05, 0) is 38.5 Å².